The van der Waals surface area contributed by atoms with Crippen LogP contribution >= 0.6 is 11.3 Å². The molecule has 7 nitrogen and oxygen atoms in total. The van der Waals surface area contributed by atoms with Crippen molar-refractivity contribution in [1.29, 1.82) is 0 Å². The Morgan fingerprint density at radius 3 is 2.53 bits per heavy atom. The Bertz CT molecular complexity index is 1160. The predicted molar refractivity (Wildman–Crippen MR) is 108 cm³/mol. The van der Waals surface area contributed by atoms with Crippen LogP contribution in [0.15, 0.2) is 47.5 Å². The second-order valence-electron chi connectivity index (χ2n) is 6.26. The van der Waals surface area contributed by atoms with E-state index in [1.54, 1.807) is 29.7 Å². The summed E-state index contributed by atoms with van der Waals surface area (Å²) in [4.78, 5) is 40.8. The van der Waals surface area contributed by atoms with Crippen LogP contribution < -0.4 is 4.80 Å². The molecule has 156 valence electrons. The lowest BCUT2D eigenvalue weighted by Crippen LogP contribution is -2.22. The molecular formula is C21H19FN2O5S. The smallest absolute Gasteiger partial charge is 0.338 e. The quantitative estimate of drug-likeness (QED) is 0.562. The van der Waals surface area contributed by atoms with Crippen LogP contribution in [-0.2, 0) is 32.0 Å². The maximum Gasteiger partial charge on any atom is 0.338 e. The van der Waals surface area contributed by atoms with E-state index < -0.39 is 17.8 Å². The van der Waals surface area contributed by atoms with Crippen molar-refractivity contribution in [3.8, 4) is 0 Å². The molecule has 1 aromatic heterocycles. The Morgan fingerprint density at radius 2 is 1.87 bits per heavy atom. The molecule has 0 bridgehead atoms. The van der Waals surface area contributed by atoms with Gasteiger partial charge in [0, 0.05) is 0 Å². The van der Waals surface area contributed by atoms with Gasteiger partial charge in [-0.2, -0.15) is 4.99 Å². The highest BCUT2D eigenvalue weighted by atomic mass is 32.1. The average Bonchev–Trinajstić information content (AvgIpc) is 3.05. The molecule has 0 aliphatic rings. The van der Waals surface area contributed by atoms with Gasteiger partial charge in [-0.3, -0.25) is 9.59 Å². The van der Waals surface area contributed by atoms with Gasteiger partial charge in [0.25, 0.3) is 5.91 Å². The van der Waals surface area contributed by atoms with Crippen LogP contribution in [0.25, 0.3) is 10.2 Å². The predicted octanol–water partition coefficient (Wildman–Crippen LogP) is 2.86. The molecule has 0 saturated carbocycles. The van der Waals surface area contributed by atoms with E-state index in [0.717, 1.165) is 0 Å². The van der Waals surface area contributed by atoms with Gasteiger partial charge in [-0.05, 0) is 42.8 Å². The van der Waals surface area contributed by atoms with E-state index >= 15 is 0 Å². The van der Waals surface area contributed by atoms with Gasteiger partial charge in [0.05, 0.1) is 35.9 Å². The third kappa shape index (κ3) is 4.98. The van der Waals surface area contributed by atoms with Crippen LogP contribution in [-0.4, -0.2) is 36.1 Å². The molecule has 0 fully saturated rings. The number of carbonyl (C=O) groups excluding carboxylic acids is 3. The van der Waals surface area contributed by atoms with E-state index in [2.05, 4.69) is 4.99 Å². The van der Waals surface area contributed by atoms with Gasteiger partial charge in [0.15, 0.2) is 4.80 Å². The van der Waals surface area contributed by atoms with Crippen molar-refractivity contribution >= 4 is 39.4 Å². The molecule has 30 heavy (non-hydrogen) atoms. The molecular weight excluding hydrogens is 411 g/mol. The fourth-order valence-corrected chi connectivity index (χ4v) is 3.86. The van der Waals surface area contributed by atoms with E-state index in [0.29, 0.717) is 26.1 Å². The molecule has 1 heterocycles. The zero-order valence-electron chi connectivity index (χ0n) is 16.4. The number of hydrogen-bond acceptors (Lipinski definition) is 6. The Kier molecular flexibility index (Phi) is 6.73. The van der Waals surface area contributed by atoms with Gasteiger partial charge in [0.2, 0.25) is 0 Å². The number of aromatic nitrogens is 1. The van der Waals surface area contributed by atoms with Gasteiger partial charge in [-0.1, -0.05) is 23.5 Å². The molecule has 0 atom stereocenters. The number of esters is 2. The first-order valence-electron chi connectivity index (χ1n) is 9.10. The summed E-state index contributed by atoms with van der Waals surface area (Å²) in [6.07, 6.45) is -0.0131. The van der Waals surface area contributed by atoms with Gasteiger partial charge < -0.3 is 14.0 Å². The first-order chi connectivity index (χ1) is 14.4. The Morgan fingerprint density at radius 1 is 1.13 bits per heavy atom. The standard InChI is InChI=1S/C21H19FN2O5S/c1-3-29-20(27)14-6-9-16-17(11-14)30-21(24(16)12-19(26)28-2)23-18(25)10-13-4-7-15(22)8-5-13/h4-9,11H,3,10,12H2,1-2H3. The summed E-state index contributed by atoms with van der Waals surface area (Å²) in [5.74, 6) is -1.80. The zero-order valence-corrected chi connectivity index (χ0v) is 17.2. The highest BCUT2D eigenvalue weighted by molar-refractivity contribution is 7.16. The summed E-state index contributed by atoms with van der Waals surface area (Å²) in [5.41, 5.74) is 1.61. The topological polar surface area (TPSA) is 87.0 Å². The molecule has 0 unspecified atom stereocenters. The summed E-state index contributed by atoms with van der Waals surface area (Å²) in [6.45, 7) is 1.83. The normalized spacial score (nSPS) is 11.5. The minimum Gasteiger partial charge on any atom is -0.468 e. The monoisotopic (exact) mass is 430 g/mol. The van der Waals surface area contributed by atoms with Crippen molar-refractivity contribution in [1.82, 2.24) is 4.57 Å². The summed E-state index contributed by atoms with van der Waals surface area (Å²) in [5, 5.41) is 0. The van der Waals surface area contributed by atoms with Crippen molar-refractivity contribution < 1.29 is 28.2 Å². The summed E-state index contributed by atoms with van der Waals surface area (Å²) >= 11 is 1.17. The number of rotatable bonds is 6. The van der Waals surface area contributed by atoms with Gasteiger partial charge in [0.1, 0.15) is 12.4 Å². The van der Waals surface area contributed by atoms with Crippen LogP contribution in [0, 0.1) is 5.82 Å². The fraction of sp³-hybridized carbons (Fsp3) is 0.238. The molecule has 0 spiro atoms. The number of amides is 1. The number of fused-ring (bicyclic) bond motifs is 1. The van der Waals surface area contributed by atoms with Crippen molar-refractivity contribution in [3.05, 3.63) is 64.2 Å². The lowest BCUT2D eigenvalue weighted by Gasteiger charge is -2.05. The number of benzene rings is 2. The van der Waals surface area contributed by atoms with Gasteiger partial charge in [-0.15, -0.1) is 0 Å². The van der Waals surface area contributed by atoms with E-state index in [1.807, 2.05) is 0 Å². The number of methoxy groups -OCH3 is 1. The van der Waals surface area contributed by atoms with Gasteiger partial charge >= 0.3 is 11.9 Å². The summed E-state index contributed by atoms with van der Waals surface area (Å²) in [6, 6.07) is 10.5. The average molecular weight is 430 g/mol. The molecule has 0 aliphatic carbocycles. The molecule has 0 saturated heterocycles. The number of thiazole rings is 1. The van der Waals surface area contributed by atoms with Crippen molar-refractivity contribution in [2.24, 2.45) is 4.99 Å². The molecule has 3 aromatic rings. The third-order valence-corrected chi connectivity index (χ3v) is 5.24. The molecule has 0 radical (unpaired) electrons. The highest BCUT2D eigenvalue weighted by Crippen LogP contribution is 2.20. The van der Waals surface area contributed by atoms with Crippen LogP contribution in [0.2, 0.25) is 0 Å². The number of carbonyl (C=O) groups is 3. The Labute approximate surface area is 175 Å². The van der Waals surface area contributed by atoms with E-state index in [4.69, 9.17) is 9.47 Å². The second-order valence-corrected chi connectivity index (χ2v) is 7.27. The van der Waals surface area contributed by atoms with Crippen LogP contribution in [0.1, 0.15) is 22.8 Å². The number of halogens is 1. The molecule has 0 aliphatic heterocycles. The SMILES string of the molecule is CCOC(=O)c1ccc2c(c1)sc(=NC(=O)Cc1ccc(F)cc1)n2CC(=O)OC. The van der Waals surface area contributed by atoms with Crippen molar-refractivity contribution in [2.45, 2.75) is 19.9 Å². The summed E-state index contributed by atoms with van der Waals surface area (Å²) in [7, 11) is 1.27. The largest absolute Gasteiger partial charge is 0.468 e. The number of nitrogens with zero attached hydrogens (tertiary/aromatic N) is 2. The molecule has 2 aromatic carbocycles. The number of ether oxygens (including phenoxy) is 2. The van der Waals surface area contributed by atoms with Gasteiger partial charge in [-0.25, -0.2) is 9.18 Å². The Balaban J connectivity index is 2.01. The van der Waals surface area contributed by atoms with Crippen molar-refractivity contribution in [2.75, 3.05) is 13.7 Å². The number of hydrogen-bond donors (Lipinski definition) is 0. The minimum absolute atomic E-state index is 0.0131. The van der Waals surface area contributed by atoms with Crippen LogP contribution in [0.3, 0.4) is 0 Å². The van der Waals surface area contributed by atoms with E-state index in [1.165, 1.54) is 42.7 Å². The third-order valence-electron chi connectivity index (χ3n) is 4.20. The zero-order chi connectivity index (χ0) is 21.7. The maximum atomic E-state index is 13.0. The first kappa shape index (κ1) is 21.4. The fourth-order valence-electron chi connectivity index (χ4n) is 2.77. The van der Waals surface area contributed by atoms with E-state index in [-0.39, 0.29) is 25.4 Å². The lowest BCUT2D eigenvalue weighted by atomic mass is 10.1. The molecule has 0 N–H and O–H groups in total. The molecule has 1 amide bonds. The minimum atomic E-state index is -0.503. The molecule has 9 heteroatoms. The summed E-state index contributed by atoms with van der Waals surface area (Å²) < 4.78 is 25.0. The van der Waals surface area contributed by atoms with Crippen LogP contribution in [0.5, 0.6) is 0 Å². The Hall–Kier alpha value is -3.33. The molecule has 3 rings (SSSR count). The lowest BCUT2D eigenvalue weighted by molar-refractivity contribution is -0.141. The van der Waals surface area contributed by atoms with E-state index in [9.17, 15) is 18.8 Å². The van der Waals surface area contributed by atoms with Crippen LogP contribution in [0.4, 0.5) is 4.39 Å². The second kappa shape index (κ2) is 9.45. The first-order valence-corrected chi connectivity index (χ1v) is 9.92. The maximum absolute atomic E-state index is 13.0. The van der Waals surface area contributed by atoms with Crippen molar-refractivity contribution in [3.63, 3.8) is 0 Å². The highest BCUT2D eigenvalue weighted by Gasteiger charge is 2.15.